The molecular formula is C16H19N3S. The fourth-order valence-electron chi connectivity index (χ4n) is 3.25. The van der Waals surface area contributed by atoms with Gasteiger partial charge in [-0.3, -0.25) is 0 Å². The van der Waals surface area contributed by atoms with Crippen molar-refractivity contribution in [2.45, 2.75) is 45.6 Å². The van der Waals surface area contributed by atoms with E-state index in [1.807, 2.05) is 12.1 Å². The van der Waals surface area contributed by atoms with Crippen LogP contribution < -0.4 is 0 Å². The number of H-pyrrole nitrogens is 1. The van der Waals surface area contributed by atoms with Crippen LogP contribution in [0.25, 0.3) is 11.0 Å². The van der Waals surface area contributed by atoms with Crippen LogP contribution in [0.15, 0.2) is 18.2 Å². The zero-order valence-electron chi connectivity index (χ0n) is 11.9. The molecule has 1 aromatic heterocycles. The second kappa shape index (κ2) is 4.75. The molecule has 1 fully saturated rings. The molecule has 0 radical (unpaired) electrons. The van der Waals surface area contributed by atoms with E-state index in [0.29, 0.717) is 17.0 Å². The zero-order chi connectivity index (χ0) is 14.3. The first-order valence-electron chi connectivity index (χ1n) is 7.15. The molecule has 104 valence electrons. The summed E-state index contributed by atoms with van der Waals surface area (Å²) < 4.78 is 2.97. The van der Waals surface area contributed by atoms with E-state index in [2.05, 4.69) is 35.5 Å². The van der Waals surface area contributed by atoms with Gasteiger partial charge < -0.3 is 9.55 Å². The minimum atomic E-state index is 0.447. The van der Waals surface area contributed by atoms with E-state index in [9.17, 15) is 5.26 Å². The van der Waals surface area contributed by atoms with Crippen LogP contribution in [0.4, 0.5) is 0 Å². The number of nitrogens with zero attached hydrogens (tertiary/aromatic N) is 2. The lowest BCUT2D eigenvalue weighted by atomic mass is 9.75. The number of para-hydroxylation sites is 1. The smallest absolute Gasteiger partial charge is 0.178 e. The fourth-order valence-corrected chi connectivity index (χ4v) is 3.60. The van der Waals surface area contributed by atoms with Crippen LogP contribution in [-0.4, -0.2) is 9.55 Å². The van der Waals surface area contributed by atoms with Gasteiger partial charge in [0.05, 0.1) is 16.6 Å². The molecule has 1 N–H and O–H groups in total. The molecule has 3 nitrogen and oxygen atoms in total. The number of benzene rings is 1. The molecule has 2 aromatic rings. The summed E-state index contributed by atoms with van der Waals surface area (Å²) in [6, 6.07) is 8.52. The molecule has 1 aliphatic carbocycles. The van der Waals surface area contributed by atoms with Crippen molar-refractivity contribution in [3.05, 3.63) is 28.5 Å². The van der Waals surface area contributed by atoms with E-state index >= 15 is 0 Å². The maximum atomic E-state index is 9.20. The van der Waals surface area contributed by atoms with Crippen LogP contribution in [0.2, 0.25) is 0 Å². The first kappa shape index (κ1) is 13.4. The number of nitriles is 1. The zero-order valence-corrected chi connectivity index (χ0v) is 12.8. The van der Waals surface area contributed by atoms with Gasteiger partial charge in [-0.05, 0) is 55.4 Å². The quantitative estimate of drug-likeness (QED) is 0.771. The number of hydrogen-bond acceptors (Lipinski definition) is 2. The molecule has 0 aliphatic heterocycles. The Morgan fingerprint density at radius 3 is 2.70 bits per heavy atom. The van der Waals surface area contributed by atoms with E-state index < -0.39 is 0 Å². The van der Waals surface area contributed by atoms with Crippen molar-refractivity contribution < 1.29 is 0 Å². The predicted octanol–water partition coefficient (Wildman–Crippen LogP) is 4.71. The average Bonchev–Trinajstić information content (AvgIpc) is 2.75. The van der Waals surface area contributed by atoms with Gasteiger partial charge in [-0.25, -0.2) is 0 Å². The highest BCUT2D eigenvalue weighted by Crippen LogP contribution is 2.41. The minimum absolute atomic E-state index is 0.447. The third-order valence-electron chi connectivity index (χ3n) is 4.55. The summed E-state index contributed by atoms with van der Waals surface area (Å²) in [6.07, 6.45) is 4.77. The summed E-state index contributed by atoms with van der Waals surface area (Å²) in [5, 5.41) is 9.20. The molecule has 3 rings (SSSR count). The SMILES string of the molecule is CC1(C)CCC(n2c(=S)[nH]c3c(C#N)cccc32)CC1. The van der Waals surface area contributed by atoms with Crippen molar-refractivity contribution in [2.75, 3.05) is 0 Å². The van der Waals surface area contributed by atoms with Gasteiger partial charge in [0, 0.05) is 6.04 Å². The molecule has 0 amide bonds. The van der Waals surface area contributed by atoms with Crippen LogP contribution in [0.1, 0.15) is 51.1 Å². The summed E-state index contributed by atoms with van der Waals surface area (Å²) in [5.74, 6) is 0. The van der Waals surface area contributed by atoms with E-state index in [4.69, 9.17) is 12.2 Å². The first-order valence-corrected chi connectivity index (χ1v) is 7.56. The summed E-state index contributed by atoms with van der Waals surface area (Å²) in [5.41, 5.74) is 3.06. The van der Waals surface area contributed by atoms with Crippen LogP contribution in [0, 0.1) is 21.5 Å². The first-order chi connectivity index (χ1) is 9.52. The Bertz CT molecular complexity index is 735. The molecule has 20 heavy (non-hydrogen) atoms. The molecule has 0 saturated heterocycles. The van der Waals surface area contributed by atoms with Gasteiger partial charge in [-0.2, -0.15) is 5.26 Å². The molecule has 0 bridgehead atoms. The second-order valence-corrected chi connectivity index (χ2v) is 6.89. The number of rotatable bonds is 1. The number of aromatic amines is 1. The van der Waals surface area contributed by atoms with Crippen LogP contribution >= 0.6 is 12.2 Å². The van der Waals surface area contributed by atoms with Crippen LogP contribution in [-0.2, 0) is 0 Å². The average molecular weight is 285 g/mol. The highest BCUT2D eigenvalue weighted by molar-refractivity contribution is 7.71. The van der Waals surface area contributed by atoms with Gasteiger partial charge in [-0.1, -0.05) is 19.9 Å². The summed E-state index contributed by atoms with van der Waals surface area (Å²) in [6.45, 7) is 4.68. The van der Waals surface area contributed by atoms with Gasteiger partial charge in [-0.15, -0.1) is 0 Å². The van der Waals surface area contributed by atoms with E-state index in [0.717, 1.165) is 28.6 Å². The Kier molecular flexibility index (Phi) is 3.18. The second-order valence-electron chi connectivity index (χ2n) is 6.51. The van der Waals surface area contributed by atoms with E-state index in [1.54, 1.807) is 0 Å². The maximum absolute atomic E-state index is 9.20. The molecule has 0 spiro atoms. The lowest BCUT2D eigenvalue weighted by Gasteiger charge is -2.35. The molecule has 4 heteroatoms. The van der Waals surface area contributed by atoms with Gasteiger partial charge in [0.15, 0.2) is 4.77 Å². The van der Waals surface area contributed by atoms with Crippen molar-refractivity contribution in [1.29, 1.82) is 5.26 Å². The maximum Gasteiger partial charge on any atom is 0.178 e. The molecule has 0 unspecified atom stereocenters. The monoisotopic (exact) mass is 285 g/mol. The third-order valence-corrected chi connectivity index (χ3v) is 4.85. The number of nitrogens with one attached hydrogen (secondary N) is 1. The summed E-state index contributed by atoms with van der Waals surface area (Å²) >= 11 is 5.50. The van der Waals surface area contributed by atoms with Gasteiger partial charge in [0.2, 0.25) is 0 Å². The van der Waals surface area contributed by atoms with Crippen LogP contribution in [0.3, 0.4) is 0 Å². The van der Waals surface area contributed by atoms with Crippen molar-refractivity contribution in [3.8, 4) is 6.07 Å². The van der Waals surface area contributed by atoms with Gasteiger partial charge >= 0.3 is 0 Å². The normalized spacial score (nSPS) is 19.1. The van der Waals surface area contributed by atoms with Crippen molar-refractivity contribution in [1.82, 2.24) is 9.55 Å². The summed E-state index contributed by atoms with van der Waals surface area (Å²) in [7, 11) is 0. The Hall–Kier alpha value is -1.60. The summed E-state index contributed by atoms with van der Waals surface area (Å²) in [4.78, 5) is 3.22. The van der Waals surface area contributed by atoms with Crippen molar-refractivity contribution in [3.63, 3.8) is 0 Å². The lowest BCUT2D eigenvalue weighted by molar-refractivity contribution is 0.195. The number of fused-ring (bicyclic) bond motifs is 1. The third kappa shape index (κ3) is 2.16. The van der Waals surface area contributed by atoms with E-state index in [-0.39, 0.29) is 0 Å². The van der Waals surface area contributed by atoms with Crippen LogP contribution in [0.5, 0.6) is 0 Å². The minimum Gasteiger partial charge on any atom is -0.329 e. The van der Waals surface area contributed by atoms with Crippen molar-refractivity contribution >= 4 is 23.3 Å². The Labute approximate surface area is 124 Å². The number of hydrogen-bond donors (Lipinski definition) is 1. The molecule has 0 atom stereocenters. The number of aromatic nitrogens is 2. The molecule has 1 aromatic carbocycles. The Morgan fingerprint density at radius 2 is 2.05 bits per heavy atom. The Morgan fingerprint density at radius 1 is 1.35 bits per heavy atom. The van der Waals surface area contributed by atoms with Gasteiger partial charge in [0.25, 0.3) is 0 Å². The number of imidazole rings is 1. The molecule has 1 heterocycles. The van der Waals surface area contributed by atoms with E-state index in [1.165, 1.54) is 12.8 Å². The highest BCUT2D eigenvalue weighted by atomic mass is 32.1. The van der Waals surface area contributed by atoms with Gasteiger partial charge in [0.1, 0.15) is 6.07 Å². The topological polar surface area (TPSA) is 44.5 Å². The highest BCUT2D eigenvalue weighted by Gasteiger charge is 2.28. The molecule has 1 saturated carbocycles. The fraction of sp³-hybridized carbons (Fsp3) is 0.500. The predicted molar refractivity (Wildman–Crippen MR) is 83.1 cm³/mol. The van der Waals surface area contributed by atoms with Crippen molar-refractivity contribution in [2.24, 2.45) is 5.41 Å². The lowest BCUT2D eigenvalue weighted by Crippen LogP contribution is -2.23. The Balaban J connectivity index is 2.07. The largest absolute Gasteiger partial charge is 0.329 e. The molecular weight excluding hydrogens is 266 g/mol. The standard InChI is InChI=1S/C16H19N3S/c1-16(2)8-6-12(7-9-16)19-13-5-3-4-11(10-17)14(13)18-15(19)20/h3-5,12H,6-9H2,1-2H3,(H,18,20). The molecule has 1 aliphatic rings.